The summed E-state index contributed by atoms with van der Waals surface area (Å²) in [5, 5.41) is 11.4. The highest BCUT2D eigenvalue weighted by atomic mass is 19.1. The van der Waals surface area contributed by atoms with E-state index in [-0.39, 0.29) is 18.2 Å². The zero-order chi connectivity index (χ0) is 25.1. The summed E-state index contributed by atoms with van der Waals surface area (Å²) in [6, 6.07) is 19.6. The molecule has 1 fully saturated rings. The van der Waals surface area contributed by atoms with Crippen LogP contribution in [0.5, 0.6) is 0 Å². The number of carbonyl (C=O) groups excluding carboxylic acids is 2. The molecule has 0 aliphatic heterocycles. The molecule has 1 N–H and O–H groups in total. The first-order chi connectivity index (χ1) is 17.5. The first-order valence-corrected chi connectivity index (χ1v) is 12.2. The number of benzene rings is 3. The summed E-state index contributed by atoms with van der Waals surface area (Å²) in [6.45, 7) is 1.71. The van der Waals surface area contributed by atoms with Gasteiger partial charge in [-0.25, -0.2) is 9.07 Å². The third-order valence-corrected chi connectivity index (χ3v) is 6.76. The second-order valence-corrected chi connectivity index (χ2v) is 9.20. The van der Waals surface area contributed by atoms with E-state index in [4.69, 9.17) is 0 Å². The molecule has 8 heteroatoms. The minimum atomic E-state index is -1.19. The van der Waals surface area contributed by atoms with E-state index < -0.39 is 23.7 Å². The molecule has 1 unspecified atom stereocenters. The van der Waals surface area contributed by atoms with Crippen LogP contribution in [0.25, 0.3) is 11.0 Å². The van der Waals surface area contributed by atoms with E-state index >= 15 is 4.39 Å². The van der Waals surface area contributed by atoms with Crippen molar-refractivity contribution in [2.75, 3.05) is 4.90 Å². The van der Waals surface area contributed by atoms with Gasteiger partial charge in [0.15, 0.2) is 0 Å². The van der Waals surface area contributed by atoms with Crippen molar-refractivity contribution < 1.29 is 14.0 Å². The second-order valence-electron chi connectivity index (χ2n) is 9.20. The number of aromatic nitrogens is 3. The molecule has 7 nitrogen and oxygen atoms in total. The highest BCUT2D eigenvalue weighted by Crippen LogP contribution is 2.33. The van der Waals surface area contributed by atoms with E-state index in [1.54, 1.807) is 30.3 Å². The molecule has 1 atom stereocenters. The third kappa shape index (κ3) is 4.71. The van der Waals surface area contributed by atoms with Gasteiger partial charge in [-0.2, -0.15) is 0 Å². The minimum absolute atomic E-state index is 0.0138. The lowest BCUT2D eigenvalue weighted by molar-refractivity contribution is -0.127. The number of rotatable bonds is 7. The maximum absolute atomic E-state index is 15.2. The SMILES string of the molecule is Cc1ccccc1N(C(=O)Cn1nnc2ccccc21)C(C(=O)NC1CCCC1)c1ccccc1F. The Balaban J connectivity index is 1.60. The van der Waals surface area contributed by atoms with Crippen LogP contribution in [0, 0.1) is 12.7 Å². The summed E-state index contributed by atoms with van der Waals surface area (Å²) in [6.07, 6.45) is 3.82. The number of hydrogen-bond acceptors (Lipinski definition) is 4. The number of nitrogens with one attached hydrogen (secondary N) is 1. The van der Waals surface area contributed by atoms with Gasteiger partial charge < -0.3 is 5.32 Å². The average molecular weight is 486 g/mol. The van der Waals surface area contributed by atoms with Gasteiger partial charge in [0.1, 0.15) is 23.9 Å². The zero-order valence-corrected chi connectivity index (χ0v) is 20.1. The van der Waals surface area contributed by atoms with Crippen LogP contribution >= 0.6 is 0 Å². The Morgan fingerprint density at radius 1 is 1.03 bits per heavy atom. The van der Waals surface area contributed by atoms with Crippen molar-refractivity contribution >= 4 is 28.5 Å². The number of anilines is 1. The maximum Gasteiger partial charge on any atom is 0.249 e. The van der Waals surface area contributed by atoms with Crippen molar-refractivity contribution in [1.82, 2.24) is 20.3 Å². The molecule has 1 aliphatic carbocycles. The summed E-state index contributed by atoms with van der Waals surface area (Å²) in [7, 11) is 0. The average Bonchev–Trinajstić information content (AvgIpc) is 3.54. The summed E-state index contributed by atoms with van der Waals surface area (Å²) < 4.78 is 16.7. The molecule has 3 aromatic carbocycles. The number of aryl methyl sites for hydroxylation is 1. The van der Waals surface area contributed by atoms with Gasteiger partial charge in [-0.15, -0.1) is 5.10 Å². The standard InChI is InChI=1S/C28H28FN5O2/c1-19-10-2-8-16-24(19)34(26(35)18-33-25-17-9-7-15-23(25)31-32-33)27(21-13-5-6-14-22(21)29)28(36)30-20-11-3-4-12-20/h2,5-10,13-17,20,27H,3-4,11-12,18H2,1H3,(H,30,36). The predicted molar refractivity (Wildman–Crippen MR) is 136 cm³/mol. The van der Waals surface area contributed by atoms with Gasteiger partial charge in [0.25, 0.3) is 0 Å². The number of para-hydroxylation sites is 2. The number of carbonyl (C=O) groups is 2. The van der Waals surface area contributed by atoms with Crippen molar-refractivity contribution in [1.29, 1.82) is 0 Å². The van der Waals surface area contributed by atoms with Crippen molar-refractivity contribution in [3.63, 3.8) is 0 Å². The van der Waals surface area contributed by atoms with Gasteiger partial charge >= 0.3 is 0 Å². The van der Waals surface area contributed by atoms with Gasteiger partial charge in [0.05, 0.1) is 5.52 Å². The highest BCUT2D eigenvalue weighted by Gasteiger charge is 2.36. The van der Waals surface area contributed by atoms with Gasteiger partial charge in [-0.3, -0.25) is 14.5 Å². The molecular weight excluding hydrogens is 457 g/mol. The molecule has 5 rings (SSSR count). The number of amides is 2. The smallest absolute Gasteiger partial charge is 0.249 e. The Labute approximate surface area is 208 Å². The first kappa shape index (κ1) is 23.7. The lowest BCUT2D eigenvalue weighted by atomic mass is 10.0. The van der Waals surface area contributed by atoms with Crippen LogP contribution in [0.3, 0.4) is 0 Å². The van der Waals surface area contributed by atoms with Crippen LogP contribution in [0.2, 0.25) is 0 Å². The molecular formula is C28H28FN5O2. The summed E-state index contributed by atoms with van der Waals surface area (Å²) in [5.74, 6) is -1.33. The molecule has 1 heterocycles. The van der Waals surface area contributed by atoms with Gasteiger partial charge in [-0.1, -0.05) is 66.6 Å². The molecule has 0 bridgehead atoms. The Kier molecular flexibility index (Phi) is 6.75. The third-order valence-electron chi connectivity index (χ3n) is 6.76. The van der Waals surface area contributed by atoms with Crippen LogP contribution in [0.15, 0.2) is 72.8 Å². The molecule has 0 radical (unpaired) electrons. The van der Waals surface area contributed by atoms with Gasteiger partial charge in [0.2, 0.25) is 11.8 Å². The van der Waals surface area contributed by atoms with E-state index in [1.807, 2.05) is 43.3 Å². The zero-order valence-electron chi connectivity index (χ0n) is 20.1. The van der Waals surface area contributed by atoms with E-state index in [2.05, 4.69) is 15.6 Å². The molecule has 1 saturated carbocycles. The number of nitrogens with zero attached hydrogens (tertiary/aromatic N) is 4. The van der Waals surface area contributed by atoms with Gasteiger partial charge in [-0.05, 0) is 49.6 Å². The van der Waals surface area contributed by atoms with Crippen molar-refractivity contribution in [3.05, 3.63) is 89.7 Å². The van der Waals surface area contributed by atoms with E-state index in [1.165, 1.54) is 15.6 Å². The predicted octanol–water partition coefficient (Wildman–Crippen LogP) is 4.71. The van der Waals surface area contributed by atoms with Crippen LogP contribution in [-0.2, 0) is 16.1 Å². The normalized spacial score (nSPS) is 14.6. The largest absolute Gasteiger partial charge is 0.351 e. The summed E-state index contributed by atoms with van der Waals surface area (Å²) in [5.41, 5.74) is 2.85. The van der Waals surface area contributed by atoms with E-state index in [0.29, 0.717) is 16.7 Å². The molecule has 2 amide bonds. The Morgan fingerprint density at radius 3 is 2.50 bits per heavy atom. The Hall–Kier alpha value is -4.07. The molecule has 4 aromatic rings. The summed E-state index contributed by atoms with van der Waals surface area (Å²) >= 11 is 0. The van der Waals surface area contributed by atoms with Crippen LogP contribution < -0.4 is 10.2 Å². The second kappa shape index (κ2) is 10.3. The van der Waals surface area contributed by atoms with E-state index in [9.17, 15) is 9.59 Å². The quantitative estimate of drug-likeness (QED) is 0.411. The topological polar surface area (TPSA) is 80.1 Å². The van der Waals surface area contributed by atoms with Crippen LogP contribution in [0.1, 0.15) is 42.9 Å². The maximum atomic E-state index is 15.2. The molecule has 184 valence electrons. The highest BCUT2D eigenvalue weighted by molar-refractivity contribution is 6.02. The van der Waals surface area contributed by atoms with Crippen LogP contribution in [0.4, 0.5) is 10.1 Å². The minimum Gasteiger partial charge on any atom is -0.351 e. The first-order valence-electron chi connectivity index (χ1n) is 12.2. The van der Waals surface area contributed by atoms with E-state index in [0.717, 1.165) is 31.2 Å². The van der Waals surface area contributed by atoms with Crippen molar-refractivity contribution in [2.45, 2.75) is 51.2 Å². The molecule has 0 saturated heterocycles. The number of fused-ring (bicyclic) bond motifs is 1. The van der Waals surface area contributed by atoms with Crippen molar-refractivity contribution in [2.24, 2.45) is 0 Å². The fourth-order valence-electron chi connectivity index (χ4n) is 4.93. The molecule has 1 aliphatic rings. The number of halogens is 1. The molecule has 1 aromatic heterocycles. The summed E-state index contributed by atoms with van der Waals surface area (Å²) in [4.78, 5) is 29.2. The fourth-order valence-corrected chi connectivity index (χ4v) is 4.93. The van der Waals surface area contributed by atoms with Gasteiger partial charge in [0, 0.05) is 17.3 Å². The monoisotopic (exact) mass is 485 g/mol. The Morgan fingerprint density at radius 2 is 1.72 bits per heavy atom. The van der Waals surface area contributed by atoms with Crippen molar-refractivity contribution in [3.8, 4) is 0 Å². The fraction of sp³-hybridized carbons (Fsp3) is 0.286. The lowest BCUT2D eigenvalue weighted by Crippen LogP contribution is -2.47. The lowest BCUT2D eigenvalue weighted by Gasteiger charge is -2.33. The van der Waals surface area contributed by atoms with Crippen LogP contribution in [-0.4, -0.2) is 32.9 Å². The Bertz CT molecular complexity index is 1400. The molecule has 0 spiro atoms. The number of hydrogen-bond donors (Lipinski definition) is 1. The molecule has 36 heavy (non-hydrogen) atoms.